The topological polar surface area (TPSA) is 55.4 Å². The van der Waals surface area contributed by atoms with Crippen LogP contribution in [0, 0.1) is 0 Å². The summed E-state index contributed by atoms with van der Waals surface area (Å²) in [5.41, 5.74) is 0.884. The first kappa shape index (κ1) is 17.2. The molecule has 0 fully saturated rings. The van der Waals surface area contributed by atoms with Gasteiger partial charge >= 0.3 is 5.97 Å². The number of carbonyl (C=O) groups is 2. The van der Waals surface area contributed by atoms with Crippen LogP contribution >= 0.6 is 22.9 Å². The smallest absolute Gasteiger partial charge is 0.331 e. The third kappa shape index (κ3) is 5.88. The van der Waals surface area contributed by atoms with E-state index >= 15 is 0 Å². The molecule has 0 aliphatic rings. The van der Waals surface area contributed by atoms with Crippen molar-refractivity contribution in [3.8, 4) is 0 Å². The Morgan fingerprint density at radius 1 is 1.35 bits per heavy atom. The van der Waals surface area contributed by atoms with Gasteiger partial charge in [0.2, 0.25) is 0 Å². The molecule has 2 rings (SSSR count). The van der Waals surface area contributed by atoms with Crippen LogP contribution in [0.5, 0.6) is 0 Å². The second-order valence-electron chi connectivity index (χ2n) is 4.80. The predicted molar refractivity (Wildman–Crippen MR) is 92.3 cm³/mol. The monoisotopic (exact) mass is 349 g/mol. The fourth-order valence-corrected chi connectivity index (χ4v) is 2.68. The average Bonchev–Trinajstić information content (AvgIpc) is 3.04. The molecule has 0 radical (unpaired) electrons. The standard InChI is InChI=1S/C17H16ClNO3S/c1-12(13-4-2-5-14(18)10-13)19-16(20)11-22-17(21)8-7-15-6-3-9-23-15/h2-10,12H,11H2,1H3,(H,19,20)/b8-7+/t12-/m1/s1. The highest BCUT2D eigenvalue weighted by Gasteiger charge is 2.11. The number of carbonyl (C=O) groups excluding carboxylic acids is 2. The molecule has 120 valence electrons. The van der Waals surface area contributed by atoms with Gasteiger partial charge in [-0.15, -0.1) is 11.3 Å². The van der Waals surface area contributed by atoms with Crippen LogP contribution in [0.2, 0.25) is 5.02 Å². The number of benzene rings is 1. The van der Waals surface area contributed by atoms with E-state index in [1.165, 1.54) is 17.4 Å². The highest BCUT2D eigenvalue weighted by molar-refractivity contribution is 7.10. The molecule has 0 spiro atoms. The fraction of sp³-hybridized carbons (Fsp3) is 0.176. The Labute approximate surface area is 143 Å². The molecule has 1 N–H and O–H groups in total. The van der Waals surface area contributed by atoms with Gasteiger partial charge in [0.1, 0.15) is 0 Å². The maximum absolute atomic E-state index is 11.8. The van der Waals surface area contributed by atoms with Gasteiger partial charge in [-0.05, 0) is 42.1 Å². The molecule has 0 saturated heterocycles. The third-order valence-electron chi connectivity index (χ3n) is 3.00. The minimum absolute atomic E-state index is 0.221. The van der Waals surface area contributed by atoms with Crippen molar-refractivity contribution in [2.24, 2.45) is 0 Å². The first-order valence-corrected chi connectivity index (χ1v) is 8.23. The van der Waals surface area contributed by atoms with Gasteiger partial charge in [-0.2, -0.15) is 0 Å². The summed E-state index contributed by atoms with van der Waals surface area (Å²) >= 11 is 7.43. The van der Waals surface area contributed by atoms with E-state index in [9.17, 15) is 9.59 Å². The van der Waals surface area contributed by atoms with Crippen LogP contribution in [0.1, 0.15) is 23.4 Å². The molecule has 0 unspecified atom stereocenters. The summed E-state index contributed by atoms with van der Waals surface area (Å²) < 4.78 is 4.90. The van der Waals surface area contributed by atoms with Gasteiger partial charge in [0.25, 0.3) is 5.91 Å². The number of nitrogens with one attached hydrogen (secondary N) is 1. The number of thiophene rings is 1. The van der Waals surface area contributed by atoms with Gasteiger partial charge < -0.3 is 10.1 Å². The second kappa shape index (κ2) is 8.50. The fourth-order valence-electron chi connectivity index (χ4n) is 1.86. The number of hydrogen-bond donors (Lipinski definition) is 1. The lowest BCUT2D eigenvalue weighted by Crippen LogP contribution is -2.30. The molecule has 1 atom stereocenters. The summed E-state index contributed by atoms with van der Waals surface area (Å²) in [6, 6.07) is 10.8. The molecule has 2 aromatic rings. The number of hydrogen-bond acceptors (Lipinski definition) is 4. The minimum atomic E-state index is -0.552. The number of ether oxygens (including phenoxy) is 1. The molecule has 0 saturated carbocycles. The van der Waals surface area contributed by atoms with Crippen molar-refractivity contribution in [1.82, 2.24) is 5.32 Å². The van der Waals surface area contributed by atoms with Crippen molar-refractivity contribution in [2.75, 3.05) is 6.61 Å². The maximum Gasteiger partial charge on any atom is 0.331 e. The predicted octanol–water partition coefficient (Wildman–Crippen LogP) is 3.84. The van der Waals surface area contributed by atoms with Crippen LogP contribution in [0.4, 0.5) is 0 Å². The van der Waals surface area contributed by atoms with Crippen molar-refractivity contribution >= 4 is 40.9 Å². The van der Waals surface area contributed by atoms with Gasteiger partial charge in [-0.25, -0.2) is 4.79 Å². The van der Waals surface area contributed by atoms with E-state index in [1.54, 1.807) is 18.2 Å². The molecule has 0 aliphatic carbocycles. The van der Waals surface area contributed by atoms with Crippen molar-refractivity contribution < 1.29 is 14.3 Å². The van der Waals surface area contributed by atoms with Crippen LogP contribution in [0.3, 0.4) is 0 Å². The zero-order chi connectivity index (χ0) is 16.7. The molecule has 1 aromatic carbocycles. The molecule has 0 bridgehead atoms. The van der Waals surface area contributed by atoms with E-state index < -0.39 is 5.97 Å². The lowest BCUT2D eigenvalue weighted by Gasteiger charge is -2.14. The normalized spacial score (nSPS) is 12.1. The molecular formula is C17H16ClNO3S. The lowest BCUT2D eigenvalue weighted by atomic mass is 10.1. The number of amides is 1. The highest BCUT2D eigenvalue weighted by Crippen LogP contribution is 2.17. The van der Waals surface area contributed by atoms with E-state index in [-0.39, 0.29) is 18.6 Å². The minimum Gasteiger partial charge on any atom is -0.452 e. The Morgan fingerprint density at radius 3 is 2.87 bits per heavy atom. The Balaban J connectivity index is 1.77. The number of rotatable bonds is 6. The molecule has 4 nitrogen and oxygen atoms in total. The zero-order valence-electron chi connectivity index (χ0n) is 12.5. The number of esters is 1. The first-order chi connectivity index (χ1) is 11.0. The van der Waals surface area contributed by atoms with E-state index in [4.69, 9.17) is 16.3 Å². The summed E-state index contributed by atoms with van der Waals surface area (Å²) in [5, 5.41) is 5.27. The quantitative estimate of drug-likeness (QED) is 0.637. The Bertz CT molecular complexity index is 698. The van der Waals surface area contributed by atoms with E-state index in [0.29, 0.717) is 5.02 Å². The van der Waals surface area contributed by atoms with Gasteiger partial charge in [0.05, 0.1) is 6.04 Å². The summed E-state index contributed by atoms with van der Waals surface area (Å²) in [4.78, 5) is 24.3. The maximum atomic E-state index is 11.8. The molecular weight excluding hydrogens is 334 g/mol. The second-order valence-corrected chi connectivity index (χ2v) is 6.22. The van der Waals surface area contributed by atoms with Crippen LogP contribution < -0.4 is 5.32 Å². The van der Waals surface area contributed by atoms with E-state index in [2.05, 4.69) is 5.32 Å². The Hall–Kier alpha value is -2.11. The van der Waals surface area contributed by atoms with Crippen molar-refractivity contribution in [1.29, 1.82) is 0 Å². The SMILES string of the molecule is C[C@@H](NC(=O)COC(=O)/C=C/c1cccs1)c1cccc(Cl)c1. The van der Waals surface area contributed by atoms with E-state index in [0.717, 1.165) is 10.4 Å². The third-order valence-corrected chi connectivity index (χ3v) is 4.07. The van der Waals surface area contributed by atoms with Crippen LogP contribution in [0.15, 0.2) is 47.9 Å². The van der Waals surface area contributed by atoms with Crippen molar-refractivity contribution in [3.63, 3.8) is 0 Å². The van der Waals surface area contributed by atoms with Gasteiger partial charge in [0, 0.05) is 16.0 Å². The summed E-state index contributed by atoms with van der Waals surface area (Å²) in [5.74, 6) is -0.917. The molecule has 0 aliphatic heterocycles. The van der Waals surface area contributed by atoms with Crippen molar-refractivity contribution in [2.45, 2.75) is 13.0 Å². The molecule has 23 heavy (non-hydrogen) atoms. The summed E-state index contributed by atoms with van der Waals surface area (Å²) in [6.07, 6.45) is 2.96. The van der Waals surface area contributed by atoms with Crippen LogP contribution in [-0.4, -0.2) is 18.5 Å². The van der Waals surface area contributed by atoms with E-state index in [1.807, 2.05) is 36.6 Å². The summed E-state index contributed by atoms with van der Waals surface area (Å²) in [6.45, 7) is 1.51. The first-order valence-electron chi connectivity index (χ1n) is 6.98. The summed E-state index contributed by atoms with van der Waals surface area (Å²) in [7, 11) is 0. The number of halogens is 1. The molecule has 1 heterocycles. The molecule has 1 aromatic heterocycles. The average molecular weight is 350 g/mol. The van der Waals surface area contributed by atoms with Crippen LogP contribution in [0.25, 0.3) is 6.08 Å². The van der Waals surface area contributed by atoms with Crippen molar-refractivity contribution in [3.05, 3.63) is 63.3 Å². The Kier molecular flexibility index (Phi) is 6.38. The Morgan fingerprint density at radius 2 is 2.17 bits per heavy atom. The highest BCUT2D eigenvalue weighted by atomic mass is 35.5. The van der Waals surface area contributed by atoms with Gasteiger partial charge in [-0.3, -0.25) is 4.79 Å². The zero-order valence-corrected chi connectivity index (χ0v) is 14.1. The molecule has 6 heteroatoms. The van der Waals surface area contributed by atoms with Gasteiger partial charge in [-0.1, -0.05) is 29.8 Å². The lowest BCUT2D eigenvalue weighted by molar-refractivity contribution is -0.144. The molecule has 1 amide bonds. The van der Waals surface area contributed by atoms with Gasteiger partial charge in [0.15, 0.2) is 6.61 Å². The largest absolute Gasteiger partial charge is 0.452 e. The van der Waals surface area contributed by atoms with Crippen LogP contribution in [-0.2, 0) is 14.3 Å².